The van der Waals surface area contributed by atoms with Crippen molar-refractivity contribution in [1.82, 2.24) is 5.43 Å². The van der Waals surface area contributed by atoms with Gasteiger partial charge in [0.15, 0.2) is 0 Å². The number of carbonyl (C=O) groups excluding carboxylic acids is 1. The first kappa shape index (κ1) is 13.7. The molecule has 1 amide bonds. The molecule has 6 nitrogen and oxygen atoms in total. The first-order chi connectivity index (χ1) is 10.0. The van der Waals surface area contributed by atoms with Crippen LogP contribution in [0.25, 0.3) is 0 Å². The number of carbonyl (C=O) groups is 1. The molecule has 1 aromatic rings. The van der Waals surface area contributed by atoms with Gasteiger partial charge >= 0.3 is 0 Å². The zero-order valence-electron chi connectivity index (χ0n) is 11.8. The van der Waals surface area contributed by atoms with E-state index in [9.17, 15) is 14.9 Å². The van der Waals surface area contributed by atoms with Crippen LogP contribution >= 0.6 is 0 Å². The SMILES string of the molecule is C/C(=N\NC(=O)C1CC12CCC2)c1cccc([N+](=O)[O-])c1. The van der Waals surface area contributed by atoms with E-state index in [0.29, 0.717) is 11.3 Å². The first-order valence-electron chi connectivity index (χ1n) is 7.11. The summed E-state index contributed by atoms with van der Waals surface area (Å²) in [4.78, 5) is 22.3. The Kier molecular flexibility index (Phi) is 3.23. The molecule has 2 saturated carbocycles. The summed E-state index contributed by atoms with van der Waals surface area (Å²) >= 11 is 0. The zero-order valence-corrected chi connectivity index (χ0v) is 11.8. The molecule has 2 aliphatic carbocycles. The van der Waals surface area contributed by atoms with E-state index >= 15 is 0 Å². The maximum Gasteiger partial charge on any atom is 0.270 e. The van der Waals surface area contributed by atoms with Gasteiger partial charge in [0.05, 0.1) is 10.6 Å². The lowest BCUT2D eigenvalue weighted by Gasteiger charge is -2.25. The van der Waals surface area contributed by atoms with Crippen molar-refractivity contribution >= 4 is 17.3 Å². The lowest BCUT2D eigenvalue weighted by molar-refractivity contribution is -0.384. The summed E-state index contributed by atoms with van der Waals surface area (Å²) in [5, 5.41) is 14.8. The highest BCUT2D eigenvalue weighted by atomic mass is 16.6. The van der Waals surface area contributed by atoms with Gasteiger partial charge in [0, 0.05) is 23.6 Å². The van der Waals surface area contributed by atoms with Gasteiger partial charge in [-0.1, -0.05) is 18.6 Å². The standard InChI is InChI=1S/C15H17N3O3/c1-10(11-4-2-5-12(8-11)18(20)21)16-17-14(19)13-9-15(13)6-3-7-15/h2,4-5,8,13H,3,6-7,9H2,1H3,(H,17,19)/b16-10+. The van der Waals surface area contributed by atoms with Crippen molar-refractivity contribution in [3.05, 3.63) is 39.9 Å². The molecule has 1 atom stereocenters. The fourth-order valence-corrected chi connectivity index (χ4v) is 3.03. The summed E-state index contributed by atoms with van der Waals surface area (Å²) in [6, 6.07) is 6.23. The number of amides is 1. The number of rotatable bonds is 4. The molecule has 6 heteroatoms. The van der Waals surface area contributed by atoms with Crippen LogP contribution in [-0.2, 0) is 4.79 Å². The Labute approximate surface area is 122 Å². The van der Waals surface area contributed by atoms with Gasteiger partial charge in [0.25, 0.3) is 5.69 Å². The molecule has 0 aromatic heterocycles. The molecule has 3 rings (SSSR count). The third-order valence-electron chi connectivity index (χ3n) is 4.66. The monoisotopic (exact) mass is 287 g/mol. The Balaban J connectivity index is 1.64. The smallest absolute Gasteiger partial charge is 0.270 e. The Morgan fingerprint density at radius 2 is 2.24 bits per heavy atom. The van der Waals surface area contributed by atoms with Gasteiger partial charge in [0.1, 0.15) is 0 Å². The molecule has 110 valence electrons. The van der Waals surface area contributed by atoms with Gasteiger partial charge < -0.3 is 0 Å². The molecule has 1 unspecified atom stereocenters. The third-order valence-corrected chi connectivity index (χ3v) is 4.66. The fraction of sp³-hybridized carbons (Fsp3) is 0.467. The van der Waals surface area contributed by atoms with E-state index in [1.165, 1.54) is 18.6 Å². The molecule has 1 aromatic carbocycles. The van der Waals surface area contributed by atoms with Crippen LogP contribution in [0.3, 0.4) is 0 Å². The van der Waals surface area contributed by atoms with Crippen LogP contribution in [0.1, 0.15) is 38.2 Å². The summed E-state index contributed by atoms with van der Waals surface area (Å²) < 4.78 is 0. The first-order valence-corrected chi connectivity index (χ1v) is 7.11. The average Bonchev–Trinajstić information content (AvgIpc) is 3.20. The number of hydrogen-bond acceptors (Lipinski definition) is 4. The molecular formula is C15H17N3O3. The van der Waals surface area contributed by atoms with E-state index in [1.54, 1.807) is 19.1 Å². The lowest BCUT2D eigenvalue weighted by Crippen LogP contribution is -2.26. The maximum absolute atomic E-state index is 12.0. The van der Waals surface area contributed by atoms with Crippen molar-refractivity contribution in [3.63, 3.8) is 0 Å². The number of hydrazone groups is 1. The molecule has 1 N–H and O–H groups in total. The van der Waals surface area contributed by atoms with Crippen molar-refractivity contribution in [2.24, 2.45) is 16.4 Å². The third kappa shape index (κ3) is 2.53. The number of nitro benzene ring substituents is 1. The van der Waals surface area contributed by atoms with Crippen molar-refractivity contribution in [1.29, 1.82) is 0 Å². The predicted octanol–water partition coefficient (Wildman–Crippen LogP) is 2.63. The van der Waals surface area contributed by atoms with Gasteiger partial charge in [0.2, 0.25) is 5.91 Å². The van der Waals surface area contributed by atoms with Crippen molar-refractivity contribution in [2.45, 2.75) is 32.6 Å². The van der Waals surface area contributed by atoms with Crippen LogP contribution in [-0.4, -0.2) is 16.5 Å². The molecule has 0 saturated heterocycles. The van der Waals surface area contributed by atoms with Crippen LogP contribution in [0, 0.1) is 21.4 Å². The summed E-state index contributed by atoms with van der Waals surface area (Å²) in [7, 11) is 0. The summed E-state index contributed by atoms with van der Waals surface area (Å²) in [5.74, 6) is 0.0763. The van der Waals surface area contributed by atoms with Crippen molar-refractivity contribution in [2.75, 3.05) is 0 Å². The summed E-state index contributed by atoms with van der Waals surface area (Å²) in [6.07, 6.45) is 4.50. The Hall–Kier alpha value is -2.24. The minimum atomic E-state index is -0.445. The number of nitro groups is 1. The van der Waals surface area contributed by atoms with Gasteiger partial charge in [-0.15, -0.1) is 0 Å². The van der Waals surface area contributed by atoms with E-state index in [2.05, 4.69) is 10.5 Å². The minimum Gasteiger partial charge on any atom is -0.273 e. The highest BCUT2D eigenvalue weighted by Gasteiger charge is 2.60. The van der Waals surface area contributed by atoms with Gasteiger partial charge in [-0.2, -0.15) is 5.10 Å². The van der Waals surface area contributed by atoms with E-state index in [1.807, 2.05) is 0 Å². The van der Waals surface area contributed by atoms with E-state index in [-0.39, 0.29) is 22.9 Å². The van der Waals surface area contributed by atoms with Crippen LogP contribution in [0.15, 0.2) is 29.4 Å². The van der Waals surface area contributed by atoms with Crippen LogP contribution in [0.2, 0.25) is 0 Å². The van der Waals surface area contributed by atoms with Crippen molar-refractivity contribution < 1.29 is 9.72 Å². The Morgan fingerprint density at radius 3 is 2.81 bits per heavy atom. The molecule has 2 fully saturated rings. The van der Waals surface area contributed by atoms with Gasteiger partial charge in [-0.05, 0) is 31.6 Å². The summed E-state index contributed by atoms with van der Waals surface area (Å²) in [6.45, 7) is 1.73. The topological polar surface area (TPSA) is 84.6 Å². The molecular weight excluding hydrogens is 270 g/mol. The van der Waals surface area contributed by atoms with E-state index < -0.39 is 4.92 Å². The lowest BCUT2D eigenvalue weighted by atomic mass is 9.80. The van der Waals surface area contributed by atoms with Crippen LogP contribution < -0.4 is 5.43 Å². The van der Waals surface area contributed by atoms with Crippen molar-refractivity contribution in [3.8, 4) is 0 Å². The zero-order chi connectivity index (χ0) is 15.0. The number of hydrogen-bond donors (Lipinski definition) is 1. The second-order valence-corrected chi connectivity index (χ2v) is 5.95. The second-order valence-electron chi connectivity index (χ2n) is 5.95. The average molecular weight is 287 g/mol. The molecule has 0 aliphatic heterocycles. The number of nitrogens with one attached hydrogen (secondary N) is 1. The van der Waals surface area contributed by atoms with Gasteiger partial charge in [-0.3, -0.25) is 14.9 Å². The van der Waals surface area contributed by atoms with E-state index in [0.717, 1.165) is 19.3 Å². The largest absolute Gasteiger partial charge is 0.273 e. The predicted molar refractivity (Wildman–Crippen MR) is 77.8 cm³/mol. The highest BCUT2D eigenvalue weighted by Crippen LogP contribution is 2.65. The molecule has 2 aliphatic rings. The number of benzene rings is 1. The molecule has 21 heavy (non-hydrogen) atoms. The normalized spacial score (nSPS) is 22.5. The Bertz CT molecular complexity index is 635. The molecule has 1 spiro atoms. The molecule has 0 heterocycles. The minimum absolute atomic E-state index is 0.0176. The fourth-order valence-electron chi connectivity index (χ4n) is 3.03. The van der Waals surface area contributed by atoms with E-state index in [4.69, 9.17) is 0 Å². The number of nitrogens with zero attached hydrogens (tertiary/aromatic N) is 2. The number of non-ortho nitro benzene ring substituents is 1. The quantitative estimate of drug-likeness (QED) is 0.525. The van der Waals surface area contributed by atoms with Crippen LogP contribution in [0.4, 0.5) is 5.69 Å². The second kappa shape index (κ2) is 4.95. The van der Waals surface area contributed by atoms with Crippen LogP contribution in [0.5, 0.6) is 0 Å². The Morgan fingerprint density at radius 1 is 1.48 bits per heavy atom. The summed E-state index contributed by atoms with van der Waals surface area (Å²) in [5.41, 5.74) is 4.09. The van der Waals surface area contributed by atoms with Gasteiger partial charge in [-0.25, -0.2) is 5.43 Å². The highest BCUT2D eigenvalue weighted by molar-refractivity contribution is 5.99. The molecule has 0 radical (unpaired) electrons. The molecule has 0 bridgehead atoms. The maximum atomic E-state index is 12.0.